The van der Waals surface area contributed by atoms with Crippen LogP contribution in [-0.4, -0.2) is 35.3 Å². The summed E-state index contributed by atoms with van der Waals surface area (Å²) in [6, 6.07) is 6.81. The third-order valence-electron chi connectivity index (χ3n) is 4.63. The highest BCUT2D eigenvalue weighted by Gasteiger charge is 2.21. The van der Waals surface area contributed by atoms with Gasteiger partial charge in [-0.25, -0.2) is 9.78 Å². The molecule has 7 nitrogen and oxygen atoms in total. The second kappa shape index (κ2) is 9.87. The number of hydrogen-bond donors (Lipinski definition) is 2. The van der Waals surface area contributed by atoms with E-state index in [-0.39, 0.29) is 6.03 Å². The molecule has 1 aromatic carbocycles. The third kappa shape index (κ3) is 6.21. The van der Waals surface area contributed by atoms with Crippen LogP contribution in [-0.2, 0) is 4.74 Å². The average Bonchev–Trinajstić information content (AvgIpc) is 2.69. The van der Waals surface area contributed by atoms with E-state index < -0.39 is 0 Å². The molecule has 1 aromatic heterocycles. The molecule has 0 spiro atoms. The van der Waals surface area contributed by atoms with Gasteiger partial charge in [-0.05, 0) is 43.0 Å². The molecule has 1 heterocycles. The number of urea groups is 1. The van der Waals surface area contributed by atoms with E-state index in [0.717, 1.165) is 6.42 Å². The smallest absolute Gasteiger partial charge is 0.319 e. The number of benzene rings is 1. The van der Waals surface area contributed by atoms with Crippen LogP contribution in [0.1, 0.15) is 32.6 Å². The van der Waals surface area contributed by atoms with Crippen molar-refractivity contribution in [2.75, 3.05) is 18.5 Å². The van der Waals surface area contributed by atoms with Crippen LogP contribution in [0.25, 0.3) is 0 Å². The largest absolute Gasteiger partial charge is 0.438 e. The van der Waals surface area contributed by atoms with Crippen LogP contribution in [0.4, 0.5) is 10.5 Å². The van der Waals surface area contributed by atoms with E-state index in [1.807, 2.05) is 0 Å². The Morgan fingerprint density at radius 2 is 2.00 bits per heavy atom. The molecule has 0 bridgehead atoms. The van der Waals surface area contributed by atoms with Gasteiger partial charge >= 0.3 is 6.03 Å². The van der Waals surface area contributed by atoms with Crippen molar-refractivity contribution in [3.63, 3.8) is 0 Å². The first kappa shape index (κ1) is 19.1. The number of nitrogens with one attached hydrogen (secondary N) is 2. The van der Waals surface area contributed by atoms with Crippen molar-refractivity contribution in [3.05, 3.63) is 42.9 Å². The average molecular weight is 370 g/mol. The van der Waals surface area contributed by atoms with Gasteiger partial charge in [-0.1, -0.05) is 19.8 Å². The lowest BCUT2D eigenvalue weighted by atomic mass is 9.88. The van der Waals surface area contributed by atoms with Gasteiger partial charge in [0, 0.05) is 24.6 Å². The lowest BCUT2D eigenvalue weighted by molar-refractivity contribution is -0.00232. The zero-order chi connectivity index (χ0) is 18.9. The first-order valence-corrected chi connectivity index (χ1v) is 9.41. The Kier molecular flexibility index (Phi) is 6.98. The number of amides is 2. The number of anilines is 1. The monoisotopic (exact) mass is 370 g/mol. The lowest BCUT2D eigenvalue weighted by Gasteiger charge is -2.28. The van der Waals surface area contributed by atoms with E-state index in [0.29, 0.717) is 42.5 Å². The summed E-state index contributed by atoms with van der Waals surface area (Å²) < 4.78 is 11.5. The van der Waals surface area contributed by atoms with Crippen molar-refractivity contribution in [1.29, 1.82) is 0 Å². The van der Waals surface area contributed by atoms with Crippen LogP contribution in [0.5, 0.6) is 11.6 Å². The number of aromatic nitrogens is 2. The molecule has 1 saturated carbocycles. The van der Waals surface area contributed by atoms with E-state index in [2.05, 4.69) is 27.5 Å². The molecule has 0 unspecified atom stereocenters. The molecule has 0 radical (unpaired) electrons. The predicted molar refractivity (Wildman–Crippen MR) is 103 cm³/mol. The fourth-order valence-electron chi connectivity index (χ4n) is 3.15. The van der Waals surface area contributed by atoms with Crippen LogP contribution in [0, 0.1) is 5.92 Å². The Labute approximate surface area is 159 Å². The molecule has 2 aromatic rings. The molecule has 1 fully saturated rings. The molecule has 2 amide bonds. The van der Waals surface area contributed by atoms with Crippen molar-refractivity contribution in [3.8, 4) is 11.6 Å². The maximum absolute atomic E-state index is 12.0. The fourth-order valence-corrected chi connectivity index (χ4v) is 3.15. The van der Waals surface area contributed by atoms with Crippen molar-refractivity contribution < 1.29 is 14.3 Å². The number of hydrogen-bond acceptors (Lipinski definition) is 5. The van der Waals surface area contributed by atoms with E-state index in [4.69, 9.17) is 9.47 Å². The van der Waals surface area contributed by atoms with Gasteiger partial charge in [0.2, 0.25) is 5.88 Å². The van der Waals surface area contributed by atoms with E-state index in [1.165, 1.54) is 25.5 Å². The summed E-state index contributed by atoms with van der Waals surface area (Å²) in [7, 11) is 0. The molecule has 1 aliphatic carbocycles. The van der Waals surface area contributed by atoms with E-state index in [1.54, 1.807) is 36.7 Å². The number of carbonyl (C=O) groups is 1. The van der Waals surface area contributed by atoms with Crippen molar-refractivity contribution in [1.82, 2.24) is 15.3 Å². The summed E-state index contributed by atoms with van der Waals surface area (Å²) >= 11 is 0. The van der Waals surface area contributed by atoms with Gasteiger partial charge < -0.3 is 20.1 Å². The molecular weight excluding hydrogens is 344 g/mol. The highest BCUT2D eigenvalue weighted by Crippen LogP contribution is 2.26. The molecule has 144 valence electrons. The number of carbonyl (C=O) groups excluding carboxylic acids is 1. The summed E-state index contributed by atoms with van der Waals surface area (Å²) in [5, 5.41) is 5.61. The van der Waals surface area contributed by atoms with E-state index >= 15 is 0 Å². The second-order valence-electron chi connectivity index (χ2n) is 6.72. The molecule has 2 N–H and O–H groups in total. The highest BCUT2D eigenvalue weighted by atomic mass is 16.5. The normalized spacial score (nSPS) is 19.3. The molecule has 1 aliphatic rings. The van der Waals surface area contributed by atoms with Crippen LogP contribution in [0.2, 0.25) is 0 Å². The SMILES string of the molecule is C[C@@H]1CCCC[C@@H]1OCCNC(=O)Nc1ccc(Oc2cnccn2)cc1. The zero-order valence-electron chi connectivity index (χ0n) is 15.6. The fraction of sp³-hybridized carbons (Fsp3) is 0.450. The molecule has 3 rings (SSSR count). The quantitative estimate of drug-likeness (QED) is 0.720. The van der Waals surface area contributed by atoms with Crippen LogP contribution < -0.4 is 15.4 Å². The van der Waals surface area contributed by atoms with Crippen LogP contribution >= 0.6 is 0 Å². The van der Waals surface area contributed by atoms with Crippen molar-refractivity contribution in [2.45, 2.75) is 38.7 Å². The molecular formula is C20H26N4O3. The minimum atomic E-state index is -0.252. The molecule has 2 atom stereocenters. The molecule has 0 saturated heterocycles. The lowest BCUT2D eigenvalue weighted by Crippen LogP contribution is -2.34. The summed E-state index contributed by atoms with van der Waals surface area (Å²) in [4.78, 5) is 20.0. The maximum atomic E-state index is 12.0. The highest BCUT2D eigenvalue weighted by molar-refractivity contribution is 5.89. The van der Waals surface area contributed by atoms with Gasteiger partial charge in [0.15, 0.2) is 0 Å². The first-order valence-electron chi connectivity index (χ1n) is 9.41. The van der Waals surface area contributed by atoms with Gasteiger partial charge in [-0.15, -0.1) is 0 Å². The van der Waals surface area contributed by atoms with Crippen molar-refractivity contribution >= 4 is 11.7 Å². The summed E-state index contributed by atoms with van der Waals surface area (Å²) in [5.74, 6) is 1.65. The Bertz CT molecular complexity index is 709. The Hall–Kier alpha value is -2.67. The third-order valence-corrected chi connectivity index (χ3v) is 4.63. The minimum Gasteiger partial charge on any atom is -0.438 e. The summed E-state index contributed by atoms with van der Waals surface area (Å²) in [6.45, 7) is 3.26. The van der Waals surface area contributed by atoms with Gasteiger partial charge in [-0.3, -0.25) is 4.98 Å². The second-order valence-corrected chi connectivity index (χ2v) is 6.72. The Morgan fingerprint density at radius 3 is 2.74 bits per heavy atom. The topological polar surface area (TPSA) is 85.4 Å². The standard InChI is InChI=1S/C20H26N4O3/c1-15-4-2-3-5-18(15)26-13-12-23-20(25)24-16-6-8-17(9-7-16)27-19-14-21-10-11-22-19/h6-11,14-15,18H,2-5,12-13H2,1H3,(H2,23,24,25)/t15-,18+/m1/s1. The predicted octanol–water partition coefficient (Wildman–Crippen LogP) is 3.99. The Morgan fingerprint density at radius 1 is 1.19 bits per heavy atom. The van der Waals surface area contributed by atoms with Crippen LogP contribution in [0.15, 0.2) is 42.9 Å². The number of nitrogens with zero attached hydrogens (tertiary/aromatic N) is 2. The minimum absolute atomic E-state index is 0.252. The molecule has 7 heteroatoms. The Balaban J connectivity index is 1.36. The number of rotatable bonds is 7. The summed E-state index contributed by atoms with van der Waals surface area (Å²) in [5.41, 5.74) is 0.681. The van der Waals surface area contributed by atoms with Crippen LogP contribution in [0.3, 0.4) is 0 Å². The van der Waals surface area contributed by atoms with Crippen molar-refractivity contribution in [2.24, 2.45) is 5.92 Å². The van der Waals surface area contributed by atoms with E-state index in [9.17, 15) is 4.79 Å². The molecule has 0 aliphatic heterocycles. The van der Waals surface area contributed by atoms with Gasteiger partial charge in [0.25, 0.3) is 0 Å². The first-order chi connectivity index (χ1) is 13.2. The van der Waals surface area contributed by atoms with Gasteiger partial charge in [-0.2, -0.15) is 0 Å². The molecule has 27 heavy (non-hydrogen) atoms. The van der Waals surface area contributed by atoms with Gasteiger partial charge in [0.1, 0.15) is 5.75 Å². The summed E-state index contributed by atoms with van der Waals surface area (Å²) in [6.07, 6.45) is 9.89. The van der Waals surface area contributed by atoms with Gasteiger partial charge in [0.05, 0.1) is 18.9 Å². The zero-order valence-corrected chi connectivity index (χ0v) is 15.6. The maximum Gasteiger partial charge on any atom is 0.319 e. The number of ether oxygens (including phenoxy) is 2.